The van der Waals surface area contributed by atoms with E-state index in [1.54, 1.807) is 18.6 Å². The van der Waals surface area contributed by atoms with Crippen LogP contribution in [0.5, 0.6) is 0 Å². The number of hydrogen-bond donors (Lipinski definition) is 1. The number of methoxy groups -OCH3 is 1. The van der Waals surface area contributed by atoms with Gasteiger partial charge in [-0.2, -0.15) is 0 Å². The zero-order chi connectivity index (χ0) is 23.5. The minimum absolute atomic E-state index is 0.0238. The van der Waals surface area contributed by atoms with Crippen LogP contribution in [0.1, 0.15) is 41.9 Å². The van der Waals surface area contributed by atoms with Crippen molar-refractivity contribution in [1.82, 2.24) is 14.9 Å². The number of nitrogens with one attached hydrogen (secondary N) is 1. The number of rotatable bonds is 7. The van der Waals surface area contributed by atoms with E-state index in [4.69, 9.17) is 13.6 Å². The van der Waals surface area contributed by atoms with Crippen LogP contribution in [0.3, 0.4) is 0 Å². The first-order valence-corrected chi connectivity index (χ1v) is 11.5. The van der Waals surface area contributed by atoms with Gasteiger partial charge < -0.3 is 23.5 Å². The highest BCUT2D eigenvalue weighted by molar-refractivity contribution is 5.97. The Hall–Kier alpha value is -3.81. The highest BCUT2D eigenvalue weighted by Crippen LogP contribution is 2.29. The molecule has 4 aromatic rings. The second kappa shape index (κ2) is 9.59. The maximum Gasteiger partial charge on any atom is 0.308 e. The summed E-state index contributed by atoms with van der Waals surface area (Å²) in [6.07, 6.45) is 6.62. The number of carbonyl (C=O) groups is 2. The van der Waals surface area contributed by atoms with E-state index in [1.165, 1.54) is 7.11 Å². The summed E-state index contributed by atoms with van der Waals surface area (Å²) in [6, 6.07) is 13.3. The van der Waals surface area contributed by atoms with E-state index >= 15 is 0 Å². The van der Waals surface area contributed by atoms with Crippen LogP contribution in [0.4, 0.5) is 0 Å². The van der Waals surface area contributed by atoms with E-state index in [2.05, 4.69) is 10.3 Å². The number of carbonyl (C=O) groups excluding carboxylic acids is 2. The molecule has 0 radical (unpaired) electrons. The van der Waals surface area contributed by atoms with Crippen molar-refractivity contribution in [3.05, 3.63) is 66.4 Å². The van der Waals surface area contributed by atoms with Gasteiger partial charge in [-0.05, 0) is 43.7 Å². The van der Waals surface area contributed by atoms with Crippen molar-refractivity contribution >= 4 is 23.0 Å². The van der Waals surface area contributed by atoms with E-state index in [0.29, 0.717) is 41.9 Å². The molecule has 1 aromatic carbocycles. The first-order chi connectivity index (χ1) is 16.6. The van der Waals surface area contributed by atoms with Crippen LogP contribution in [0.25, 0.3) is 22.6 Å². The van der Waals surface area contributed by atoms with Gasteiger partial charge in [-0.25, -0.2) is 4.98 Å². The van der Waals surface area contributed by atoms with Gasteiger partial charge in [0.15, 0.2) is 5.58 Å². The predicted molar refractivity (Wildman–Crippen MR) is 125 cm³/mol. The summed E-state index contributed by atoms with van der Waals surface area (Å²) >= 11 is 0. The van der Waals surface area contributed by atoms with Crippen LogP contribution in [0, 0.1) is 11.8 Å². The van der Waals surface area contributed by atoms with Crippen LogP contribution in [0.2, 0.25) is 0 Å². The van der Waals surface area contributed by atoms with Gasteiger partial charge >= 0.3 is 5.97 Å². The molecule has 1 aliphatic rings. The zero-order valence-corrected chi connectivity index (χ0v) is 19.0. The highest BCUT2D eigenvalue weighted by atomic mass is 16.5. The van der Waals surface area contributed by atoms with Crippen LogP contribution in [-0.2, 0) is 16.1 Å². The molecule has 0 atom stereocenters. The largest absolute Gasteiger partial charge is 0.469 e. The van der Waals surface area contributed by atoms with Crippen LogP contribution < -0.4 is 5.32 Å². The predicted octanol–water partition coefficient (Wildman–Crippen LogP) is 4.65. The van der Waals surface area contributed by atoms with Crippen LogP contribution in [-0.4, -0.2) is 35.1 Å². The lowest BCUT2D eigenvalue weighted by molar-refractivity contribution is -0.146. The molecule has 0 bridgehead atoms. The van der Waals surface area contributed by atoms with E-state index in [1.807, 2.05) is 41.0 Å². The van der Waals surface area contributed by atoms with Crippen molar-refractivity contribution in [1.29, 1.82) is 0 Å². The van der Waals surface area contributed by atoms with Crippen molar-refractivity contribution in [2.75, 3.05) is 13.7 Å². The van der Waals surface area contributed by atoms with Gasteiger partial charge in [0.1, 0.15) is 12.0 Å². The molecule has 1 saturated carbocycles. The summed E-state index contributed by atoms with van der Waals surface area (Å²) in [5, 5.41) is 3.07. The number of amides is 1. The summed E-state index contributed by atoms with van der Waals surface area (Å²) < 4.78 is 18.0. The molecule has 176 valence electrons. The van der Waals surface area contributed by atoms with Gasteiger partial charge in [0, 0.05) is 24.2 Å². The molecule has 0 aliphatic heterocycles. The fraction of sp³-hybridized carbons (Fsp3) is 0.346. The summed E-state index contributed by atoms with van der Waals surface area (Å²) in [6.45, 7) is 0.952. The lowest BCUT2D eigenvalue weighted by Gasteiger charge is -2.27. The molecular weight excluding hydrogens is 434 g/mol. The van der Waals surface area contributed by atoms with E-state index < -0.39 is 0 Å². The van der Waals surface area contributed by atoms with Crippen molar-refractivity contribution in [2.45, 2.75) is 32.2 Å². The Morgan fingerprint density at radius 1 is 1.12 bits per heavy atom. The quantitative estimate of drug-likeness (QED) is 0.402. The fourth-order valence-electron chi connectivity index (χ4n) is 4.69. The maximum atomic E-state index is 13.1. The number of esters is 1. The number of hydrogen-bond acceptors (Lipinski definition) is 6. The number of nitrogens with zero attached hydrogens (tertiary/aromatic N) is 2. The van der Waals surface area contributed by atoms with Crippen molar-refractivity contribution < 1.29 is 23.2 Å². The smallest absolute Gasteiger partial charge is 0.308 e. The summed E-state index contributed by atoms with van der Waals surface area (Å²) in [5.41, 5.74) is 3.60. The average Bonchev–Trinajstić information content (AvgIpc) is 3.61. The van der Waals surface area contributed by atoms with Crippen molar-refractivity contribution in [2.24, 2.45) is 11.8 Å². The van der Waals surface area contributed by atoms with Crippen LogP contribution >= 0.6 is 0 Å². The Kier molecular flexibility index (Phi) is 6.20. The molecule has 8 nitrogen and oxygen atoms in total. The summed E-state index contributed by atoms with van der Waals surface area (Å²) in [5.74, 6) is 0.573. The van der Waals surface area contributed by atoms with E-state index in [-0.39, 0.29) is 17.8 Å². The molecule has 1 N–H and O–H groups in total. The summed E-state index contributed by atoms with van der Waals surface area (Å²) in [4.78, 5) is 29.5. The molecule has 1 amide bonds. The number of furan rings is 1. The van der Waals surface area contributed by atoms with Gasteiger partial charge in [-0.1, -0.05) is 18.2 Å². The van der Waals surface area contributed by atoms with Crippen molar-refractivity contribution in [3.63, 3.8) is 0 Å². The molecule has 0 saturated heterocycles. The molecule has 34 heavy (non-hydrogen) atoms. The number of aromatic nitrogens is 2. The number of ether oxygens (including phenoxy) is 1. The second-order valence-electron chi connectivity index (χ2n) is 8.75. The Morgan fingerprint density at radius 2 is 1.91 bits per heavy atom. The second-order valence-corrected chi connectivity index (χ2v) is 8.75. The fourth-order valence-corrected chi connectivity index (χ4v) is 4.69. The third-order valence-corrected chi connectivity index (χ3v) is 6.58. The average molecular weight is 462 g/mol. The van der Waals surface area contributed by atoms with Gasteiger partial charge in [0.2, 0.25) is 5.89 Å². The molecule has 0 unspecified atom stereocenters. The summed E-state index contributed by atoms with van der Waals surface area (Å²) in [7, 11) is 1.43. The Bertz CT molecular complexity index is 1280. The minimum Gasteiger partial charge on any atom is -0.469 e. The molecule has 3 heterocycles. The molecule has 0 spiro atoms. The topological polar surface area (TPSA) is 99.5 Å². The van der Waals surface area contributed by atoms with Crippen LogP contribution in [0.15, 0.2) is 63.8 Å². The molecule has 8 heteroatoms. The molecule has 3 aromatic heterocycles. The number of fused-ring (bicyclic) bond motifs is 1. The molecule has 5 rings (SSSR count). The lowest BCUT2D eigenvalue weighted by atomic mass is 9.82. The SMILES string of the molecule is COC(=O)C1CCC(CNC(=O)c2cc3occc3n2Cc2coc(-c3ccccc3)n2)CC1. The van der Waals surface area contributed by atoms with Gasteiger partial charge in [0.05, 0.1) is 37.0 Å². The Labute approximate surface area is 196 Å². The zero-order valence-electron chi connectivity index (χ0n) is 19.0. The van der Waals surface area contributed by atoms with Gasteiger partial charge in [0.25, 0.3) is 5.91 Å². The molecule has 1 aliphatic carbocycles. The van der Waals surface area contributed by atoms with E-state index in [0.717, 1.165) is 36.8 Å². The third-order valence-electron chi connectivity index (χ3n) is 6.58. The Morgan fingerprint density at radius 3 is 2.68 bits per heavy atom. The molecule has 1 fully saturated rings. The highest BCUT2D eigenvalue weighted by Gasteiger charge is 2.27. The standard InChI is InChI=1S/C26H27N3O5/c1-32-26(31)19-9-7-17(8-10-19)14-27-24(30)22-13-23-21(11-12-33-23)29(22)15-20-16-34-25(28-20)18-5-3-2-4-6-18/h2-6,11-13,16-17,19H,7-10,14-15H2,1H3,(H,27,30). The number of oxazole rings is 1. The lowest BCUT2D eigenvalue weighted by Crippen LogP contribution is -2.33. The Balaban J connectivity index is 1.27. The minimum atomic E-state index is -0.159. The van der Waals surface area contributed by atoms with Crippen molar-refractivity contribution in [3.8, 4) is 11.5 Å². The van der Waals surface area contributed by atoms with Gasteiger partial charge in [-0.3, -0.25) is 9.59 Å². The maximum absolute atomic E-state index is 13.1. The first kappa shape index (κ1) is 22.0. The van der Waals surface area contributed by atoms with E-state index in [9.17, 15) is 9.59 Å². The number of benzene rings is 1. The van der Waals surface area contributed by atoms with Gasteiger partial charge in [-0.15, -0.1) is 0 Å². The third kappa shape index (κ3) is 4.48. The monoisotopic (exact) mass is 461 g/mol. The normalized spacial score (nSPS) is 18.1. The first-order valence-electron chi connectivity index (χ1n) is 11.5. The molecular formula is C26H27N3O5.